The first-order valence-electron chi connectivity index (χ1n) is 12.4. The van der Waals surface area contributed by atoms with Crippen molar-refractivity contribution >= 4 is 51.2 Å². The van der Waals surface area contributed by atoms with E-state index in [1.807, 2.05) is 6.07 Å². The summed E-state index contributed by atoms with van der Waals surface area (Å²) in [4.78, 5) is 10.1. The number of nitrogens with zero attached hydrogens (tertiary/aromatic N) is 1. The molecule has 3 aromatic rings. The number of halogens is 5. The fourth-order valence-electron chi connectivity index (χ4n) is 4.27. The van der Waals surface area contributed by atoms with E-state index in [9.17, 15) is 18.8 Å². The van der Waals surface area contributed by atoms with E-state index in [-0.39, 0.29) is 34.1 Å². The second kappa shape index (κ2) is 15.9. The summed E-state index contributed by atoms with van der Waals surface area (Å²) in [6.45, 7) is 7.07. The van der Waals surface area contributed by atoms with Crippen molar-refractivity contribution in [1.29, 1.82) is 5.26 Å². The van der Waals surface area contributed by atoms with E-state index in [0.717, 1.165) is 10.9 Å². The van der Waals surface area contributed by atoms with Gasteiger partial charge in [-0.15, -0.1) is 0 Å². The Morgan fingerprint density at radius 1 is 1.15 bits per heavy atom. The molecule has 3 atom stereocenters. The zero-order chi connectivity index (χ0) is 29.9. The number of hydrogen-bond donors (Lipinski definition) is 2. The molecule has 0 saturated carbocycles. The van der Waals surface area contributed by atoms with Gasteiger partial charge in [-0.1, -0.05) is 78.1 Å². The van der Waals surface area contributed by atoms with Crippen LogP contribution in [0.3, 0.4) is 0 Å². The van der Waals surface area contributed by atoms with Crippen LogP contribution in [0, 0.1) is 34.3 Å². The summed E-state index contributed by atoms with van der Waals surface area (Å²) >= 11 is 14.5. The molecule has 0 radical (unpaired) electrons. The van der Waals surface area contributed by atoms with Crippen molar-refractivity contribution in [2.75, 3.05) is 19.0 Å². The van der Waals surface area contributed by atoms with Gasteiger partial charge in [-0.3, -0.25) is 4.79 Å². The van der Waals surface area contributed by atoms with Gasteiger partial charge in [0.15, 0.2) is 0 Å². The Bertz CT molecular complexity index is 1300. The lowest BCUT2D eigenvalue weighted by Crippen LogP contribution is -2.31. The van der Waals surface area contributed by atoms with Gasteiger partial charge >= 0.3 is 0 Å². The van der Waals surface area contributed by atoms with Crippen LogP contribution >= 0.6 is 39.1 Å². The van der Waals surface area contributed by atoms with Crippen molar-refractivity contribution in [3.63, 3.8) is 0 Å². The molecule has 1 amide bonds. The molecule has 3 unspecified atom stereocenters. The van der Waals surface area contributed by atoms with Crippen LogP contribution in [0.25, 0.3) is 0 Å². The number of benzene rings is 3. The van der Waals surface area contributed by atoms with E-state index in [4.69, 9.17) is 27.9 Å². The number of hydrogen-bond acceptors (Lipinski definition) is 4. The van der Waals surface area contributed by atoms with Crippen molar-refractivity contribution in [3.05, 3.63) is 92.4 Å². The van der Waals surface area contributed by atoms with Crippen molar-refractivity contribution < 1.29 is 18.3 Å². The quantitative estimate of drug-likeness (QED) is 0.270. The molecule has 1 fully saturated rings. The Morgan fingerprint density at radius 2 is 1.85 bits per heavy atom. The van der Waals surface area contributed by atoms with Crippen LogP contribution in [0.5, 0.6) is 5.75 Å². The van der Waals surface area contributed by atoms with Gasteiger partial charge in [0.1, 0.15) is 17.4 Å². The minimum absolute atomic E-state index is 0.100. The van der Waals surface area contributed by atoms with Gasteiger partial charge < -0.3 is 15.4 Å². The molecule has 1 heterocycles. The number of carbonyl (C=O) groups excluding carboxylic acids is 1. The van der Waals surface area contributed by atoms with E-state index >= 15 is 0 Å². The molecule has 214 valence electrons. The molecule has 4 rings (SSSR count). The van der Waals surface area contributed by atoms with E-state index in [1.54, 1.807) is 43.5 Å². The van der Waals surface area contributed by atoms with Gasteiger partial charge in [-0.25, -0.2) is 8.78 Å². The molecule has 5 nitrogen and oxygen atoms in total. The minimum atomic E-state index is -0.391. The maximum atomic E-state index is 14.2. The van der Waals surface area contributed by atoms with Crippen LogP contribution < -0.4 is 15.4 Å². The topological polar surface area (TPSA) is 74.2 Å². The Balaban J connectivity index is 0.000000236. The molecule has 1 aliphatic rings. The Labute approximate surface area is 253 Å². The Morgan fingerprint density at radius 3 is 2.40 bits per heavy atom. The second-order valence-electron chi connectivity index (χ2n) is 10.2. The molecule has 1 saturated heterocycles. The molecule has 0 aromatic heterocycles. The first-order valence-corrected chi connectivity index (χ1v) is 14.0. The zero-order valence-corrected chi connectivity index (χ0v) is 25.7. The van der Waals surface area contributed by atoms with Crippen molar-refractivity contribution in [1.82, 2.24) is 5.32 Å². The second-order valence-corrected chi connectivity index (χ2v) is 12.0. The lowest BCUT2D eigenvalue weighted by Gasteiger charge is -2.26. The highest BCUT2D eigenvalue weighted by atomic mass is 79.9. The number of ether oxygens (including phenoxy) is 1. The average Bonchev–Trinajstić information content (AvgIpc) is 3.28. The maximum absolute atomic E-state index is 14.2. The predicted octanol–water partition coefficient (Wildman–Crippen LogP) is 8.62. The molecule has 1 aliphatic heterocycles. The molecular formula is C30H32BrCl2F2N3O2. The minimum Gasteiger partial charge on any atom is -0.495 e. The van der Waals surface area contributed by atoms with Gasteiger partial charge in [0.05, 0.1) is 29.8 Å². The standard InChI is InChI=1S/C16H20ClFN2.C8H8BrNO2.C6H4ClF/c1-16(2,3)7-14-11(8-19)12(9-20-14)10-5-4-6-13(17)15(10)18;1-12-8-4-6(9)2-3-7(8)10-5-11;7-5-2-1-3-6(8)4-5/h4-6,11-12,14,20H,7,9H2,1-3H3;2-5H,1H3,(H,10,11);1-4H. The Kier molecular flexibility index (Phi) is 13.3. The van der Waals surface area contributed by atoms with E-state index in [1.165, 1.54) is 18.2 Å². The largest absolute Gasteiger partial charge is 0.495 e. The summed E-state index contributed by atoms with van der Waals surface area (Å²) in [6, 6.07) is 18.7. The Hall–Kier alpha value is -2.70. The molecular weight excluding hydrogens is 623 g/mol. The van der Waals surface area contributed by atoms with Crippen LogP contribution in [-0.2, 0) is 4.79 Å². The number of amides is 1. The highest BCUT2D eigenvalue weighted by molar-refractivity contribution is 9.10. The number of nitrogens with one attached hydrogen (secondary N) is 2. The van der Waals surface area contributed by atoms with Crippen LogP contribution in [0.4, 0.5) is 14.5 Å². The first-order chi connectivity index (χ1) is 18.9. The first kappa shape index (κ1) is 33.5. The van der Waals surface area contributed by atoms with Gasteiger partial charge in [0, 0.05) is 28.0 Å². The van der Waals surface area contributed by atoms with Crippen LogP contribution in [-0.4, -0.2) is 26.1 Å². The highest BCUT2D eigenvalue weighted by Gasteiger charge is 2.39. The van der Waals surface area contributed by atoms with Gasteiger partial charge in [0.25, 0.3) is 0 Å². The zero-order valence-electron chi connectivity index (χ0n) is 22.7. The number of methoxy groups -OCH3 is 1. The van der Waals surface area contributed by atoms with Gasteiger partial charge in [-0.05, 0) is 59.9 Å². The summed E-state index contributed by atoms with van der Waals surface area (Å²) in [5.74, 6) is -0.403. The van der Waals surface area contributed by atoms with Crippen molar-refractivity contribution in [3.8, 4) is 11.8 Å². The van der Waals surface area contributed by atoms with E-state index < -0.39 is 5.82 Å². The number of carbonyl (C=O) groups is 1. The average molecular weight is 655 g/mol. The third-order valence-electron chi connectivity index (χ3n) is 5.99. The monoisotopic (exact) mass is 653 g/mol. The van der Waals surface area contributed by atoms with E-state index in [0.29, 0.717) is 35.0 Å². The molecule has 10 heteroatoms. The molecule has 0 bridgehead atoms. The molecule has 0 spiro atoms. The lowest BCUT2D eigenvalue weighted by atomic mass is 9.79. The van der Waals surface area contributed by atoms with Crippen LogP contribution in [0.2, 0.25) is 10.0 Å². The SMILES string of the molecule is CC(C)(C)CC1NCC(c2cccc(Cl)c2F)C1C#N.COc1cc(Br)ccc1NC=O.Fc1cccc(Cl)c1. The third kappa shape index (κ3) is 10.4. The lowest BCUT2D eigenvalue weighted by molar-refractivity contribution is -0.105. The number of anilines is 1. The fourth-order valence-corrected chi connectivity index (χ4v) is 4.97. The summed E-state index contributed by atoms with van der Waals surface area (Å²) in [6.07, 6.45) is 1.51. The molecule has 0 aliphatic carbocycles. The molecule has 2 N–H and O–H groups in total. The van der Waals surface area contributed by atoms with Crippen LogP contribution in [0.1, 0.15) is 38.7 Å². The summed E-state index contributed by atoms with van der Waals surface area (Å²) < 4.78 is 32.2. The normalized spacial score (nSPS) is 17.9. The fraction of sp³-hybridized carbons (Fsp3) is 0.333. The number of rotatable bonds is 5. The predicted molar refractivity (Wildman–Crippen MR) is 161 cm³/mol. The summed E-state index contributed by atoms with van der Waals surface area (Å²) in [5.41, 5.74) is 1.35. The smallest absolute Gasteiger partial charge is 0.211 e. The van der Waals surface area contributed by atoms with E-state index in [2.05, 4.69) is 53.4 Å². The summed E-state index contributed by atoms with van der Waals surface area (Å²) in [5, 5.41) is 15.9. The van der Waals surface area contributed by atoms with Crippen molar-refractivity contribution in [2.45, 2.75) is 39.2 Å². The molecule has 3 aromatic carbocycles. The van der Waals surface area contributed by atoms with Gasteiger partial charge in [0.2, 0.25) is 6.41 Å². The molecule has 40 heavy (non-hydrogen) atoms. The van der Waals surface area contributed by atoms with Gasteiger partial charge in [-0.2, -0.15) is 5.26 Å². The van der Waals surface area contributed by atoms with Crippen molar-refractivity contribution in [2.24, 2.45) is 11.3 Å². The van der Waals surface area contributed by atoms with Crippen LogP contribution in [0.15, 0.2) is 65.1 Å². The summed E-state index contributed by atoms with van der Waals surface area (Å²) in [7, 11) is 1.55. The third-order valence-corrected chi connectivity index (χ3v) is 7.01. The highest BCUT2D eigenvalue weighted by Crippen LogP contribution is 2.38. The maximum Gasteiger partial charge on any atom is 0.211 e. The number of nitriles is 1.